The molecule has 232 valence electrons. The number of benzene rings is 2. The van der Waals surface area contributed by atoms with Crippen LogP contribution >= 0.6 is 0 Å². The van der Waals surface area contributed by atoms with E-state index in [-0.39, 0.29) is 17.7 Å². The molecule has 2 aromatic rings. The Bertz CT molecular complexity index is 1190. The van der Waals surface area contributed by atoms with Crippen LogP contribution in [-0.4, -0.2) is 36.7 Å². The third-order valence-electron chi connectivity index (χ3n) is 7.26. The van der Waals surface area contributed by atoms with E-state index in [0.717, 1.165) is 5.56 Å². The molecule has 1 aliphatic rings. The predicted molar refractivity (Wildman–Crippen MR) is 146 cm³/mol. The number of rotatable bonds is 8. The van der Waals surface area contributed by atoms with Gasteiger partial charge in [0.15, 0.2) is 0 Å². The van der Waals surface area contributed by atoms with E-state index in [2.05, 4.69) is 16.0 Å². The number of nitrogens with one attached hydrogen (secondary N) is 3. The second-order valence-corrected chi connectivity index (χ2v) is 11.7. The highest BCUT2D eigenvalue weighted by Gasteiger charge is 2.41. The Kier molecular flexibility index (Phi) is 10.2. The number of alkyl halides is 6. The van der Waals surface area contributed by atoms with Crippen molar-refractivity contribution >= 4 is 12.0 Å². The zero-order chi connectivity index (χ0) is 31.3. The van der Waals surface area contributed by atoms with Gasteiger partial charge in [-0.05, 0) is 82.7 Å². The summed E-state index contributed by atoms with van der Waals surface area (Å²) in [6, 6.07) is 10.4. The van der Waals surface area contributed by atoms with Crippen molar-refractivity contribution in [2.24, 2.45) is 0 Å². The fourth-order valence-corrected chi connectivity index (χ4v) is 5.04. The second-order valence-electron chi connectivity index (χ2n) is 11.7. The van der Waals surface area contributed by atoms with Gasteiger partial charge in [0.1, 0.15) is 5.60 Å². The van der Waals surface area contributed by atoms with Crippen LogP contribution in [-0.2, 0) is 27.4 Å². The predicted octanol–water partition coefficient (Wildman–Crippen LogP) is 6.90. The van der Waals surface area contributed by atoms with E-state index in [9.17, 15) is 35.9 Å². The van der Waals surface area contributed by atoms with Crippen molar-refractivity contribution in [3.8, 4) is 0 Å². The van der Waals surface area contributed by atoms with Crippen molar-refractivity contribution in [2.45, 2.75) is 88.8 Å². The number of ether oxygens (including phenoxy) is 1. The Morgan fingerprint density at radius 2 is 1.45 bits per heavy atom. The molecule has 0 spiro atoms. The SMILES string of the molecule is CC(C(=O)NC1(c2ccccc2)CCC(NCCNC(=O)OC(C)(C)C)CC1)c1cc(C(F)(F)F)cc(C(F)(F)F)c1. The molecular weight excluding hydrogens is 564 g/mol. The first-order chi connectivity index (χ1) is 19.4. The van der Waals surface area contributed by atoms with Gasteiger partial charge in [0.25, 0.3) is 0 Å². The topological polar surface area (TPSA) is 79.5 Å². The average molecular weight is 602 g/mol. The van der Waals surface area contributed by atoms with E-state index >= 15 is 0 Å². The third kappa shape index (κ3) is 9.11. The number of hydrogen-bond acceptors (Lipinski definition) is 4. The van der Waals surface area contributed by atoms with Crippen molar-refractivity contribution in [2.75, 3.05) is 13.1 Å². The Balaban J connectivity index is 1.72. The van der Waals surface area contributed by atoms with Crippen molar-refractivity contribution in [1.29, 1.82) is 0 Å². The van der Waals surface area contributed by atoms with Crippen molar-refractivity contribution in [3.63, 3.8) is 0 Å². The minimum atomic E-state index is -5.01. The summed E-state index contributed by atoms with van der Waals surface area (Å²) >= 11 is 0. The molecule has 2 amide bonds. The standard InChI is InChI=1S/C30H37F6N3O3/c1-19(20-16-22(29(31,32)33)18-23(17-20)30(34,35)36)25(40)39-28(21-8-6-5-7-9-21)12-10-24(11-13-28)37-14-15-38-26(41)42-27(2,3)4/h5-9,16-19,24,37H,10-15H2,1-4H3,(H,38,41)(H,39,40). The fraction of sp³-hybridized carbons (Fsp3) is 0.533. The van der Waals surface area contributed by atoms with Gasteiger partial charge in [0.05, 0.1) is 22.6 Å². The molecule has 1 fully saturated rings. The molecule has 0 bridgehead atoms. The first kappa shape index (κ1) is 33.2. The van der Waals surface area contributed by atoms with E-state index in [0.29, 0.717) is 50.9 Å². The van der Waals surface area contributed by atoms with E-state index in [1.165, 1.54) is 6.92 Å². The summed E-state index contributed by atoms with van der Waals surface area (Å²) in [4.78, 5) is 25.3. The van der Waals surface area contributed by atoms with E-state index < -0.39 is 52.5 Å². The number of alkyl carbamates (subject to hydrolysis) is 1. The summed E-state index contributed by atoms with van der Waals surface area (Å²) in [5.41, 5.74) is -3.95. The van der Waals surface area contributed by atoms with Crippen LogP contribution in [0.25, 0.3) is 0 Å². The van der Waals surface area contributed by atoms with Gasteiger partial charge in [-0.15, -0.1) is 0 Å². The molecule has 3 N–H and O–H groups in total. The monoisotopic (exact) mass is 601 g/mol. The first-order valence-corrected chi connectivity index (χ1v) is 13.8. The molecule has 1 saturated carbocycles. The van der Waals surface area contributed by atoms with Gasteiger partial charge in [-0.1, -0.05) is 30.3 Å². The summed E-state index contributed by atoms with van der Waals surface area (Å²) in [5, 5.41) is 9.04. The molecule has 0 saturated heterocycles. The quantitative estimate of drug-likeness (QED) is 0.227. The van der Waals surface area contributed by atoms with Crippen LogP contribution in [0.5, 0.6) is 0 Å². The van der Waals surface area contributed by atoms with Crippen LogP contribution in [0.1, 0.15) is 81.5 Å². The van der Waals surface area contributed by atoms with Crippen LogP contribution < -0.4 is 16.0 Å². The summed E-state index contributed by atoms with van der Waals surface area (Å²) in [6.45, 7) is 7.44. The highest BCUT2D eigenvalue weighted by molar-refractivity contribution is 5.84. The lowest BCUT2D eigenvalue weighted by Gasteiger charge is -2.42. The highest BCUT2D eigenvalue weighted by atomic mass is 19.4. The Morgan fingerprint density at radius 3 is 1.95 bits per heavy atom. The molecule has 0 aromatic heterocycles. The van der Waals surface area contributed by atoms with E-state index in [1.54, 1.807) is 20.8 Å². The van der Waals surface area contributed by atoms with Crippen LogP contribution in [0.3, 0.4) is 0 Å². The van der Waals surface area contributed by atoms with Gasteiger partial charge in [-0.3, -0.25) is 4.79 Å². The molecule has 1 aliphatic carbocycles. The third-order valence-corrected chi connectivity index (χ3v) is 7.26. The zero-order valence-electron chi connectivity index (χ0n) is 24.0. The molecule has 0 radical (unpaired) electrons. The van der Waals surface area contributed by atoms with Crippen molar-refractivity contribution in [3.05, 3.63) is 70.8 Å². The molecule has 42 heavy (non-hydrogen) atoms. The van der Waals surface area contributed by atoms with Gasteiger partial charge >= 0.3 is 18.4 Å². The van der Waals surface area contributed by atoms with Gasteiger partial charge in [-0.25, -0.2) is 4.79 Å². The minimum Gasteiger partial charge on any atom is -0.444 e. The normalized spacial score (nSPS) is 20.5. The Labute approximate surface area is 241 Å². The number of halogens is 6. The largest absolute Gasteiger partial charge is 0.444 e. The molecular formula is C30H37F6N3O3. The maximum absolute atomic E-state index is 13.4. The maximum atomic E-state index is 13.4. The lowest BCUT2D eigenvalue weighted by molar-refractivity contribution is -0.143. The lowest BCUT2D eigenvalue weighted by atomic mass is 9.74. The summed E-state index contributed by atoms with van der Waals surface area (Å²) in [6.07, 6.45) is -8.28. The Hall–Kier alpha value is -3.28. The van der Waals surface area contributed by atoms with Gasteiger partial charge in [-0.2, -0.15) is 26.3 Å². The van der Waals surface area contributed by atoms with Gasteiger partial charge in [0, 0.05) is 19.1 Å². The number of carbonyl (C=O) groups is 2. The molecule has 0 aliphatic heterocycles. The average Bonchev–Trinajstić information content (AvgIpc) is 2.90. The molecule has 2 aromatic carbocycles. The van der Waals surface area contributed by atoms with Crippen molar-refractivity contribution in [1.82, 2.24) is 16.0 Å². The Morgan fingerprint density at radius 1 is 0.905 bits per heavy atom. The molecule has 12 heteroatoms. The molecule has 6 nitrogen and oxygen atoms in total. The van der Waals surface area contributed by atoms with Gasteiger partial charge in [0.2, 0.25) is 5.91 Å². The first-order valence-electron chi connectivity index (χ1n) is 13.8. The van der Waals surface area contributed by atoms with Crippen LogP contribution in [0.15, 0.2) is 48.5 Å². The molecule has 0 heterocycles. The zero-order valence-corrected chi connectivity index (χ0v) is 24.0. The van der Waals surface area contributed by atoms with Crippen molar-refractivity contribution < 1.29 is 40.7 Å². The maximum Gasteiger partial charge on any atom is 0.416 e. The lowest BCUT2D eigenvalue weighted by Crippen LogP contribution is -2.52. The van der Waals surface area contributed by atoms with Gasteiger partial charge < -0.3 is 20.7 Å². The van der Waals surface area contributed by atoms with Crippen LogP contribution in [0, 0.1) is 0 Å². The number of hydrogen-bond donors (Lipinski definition) is 3. The molecule has 1 atom stereocenters. The van der Waals surface area contributed by atoms with Crippen LogP contribution in [0.4, 0.5) is 31.1 Å². The molecule has 1 unspecified atom stereocenters. The smallest absolute Gasteiger partial charge is 0.416 e. The summed E-state index contributed by atoms with van der Waals surface area (Å²) < 4.78 is 85.7. The fourth-order valence-electron chi connectivity index (χ4n) is 5.04. The van der Waals surface area contributed by atoms with E-state index in [4.69, 9.17) is 4.74 Å². The number of carbonyl (C=O) groups excluding carboxylic acids is 2. The van der Waals surface area contributed by atoms with E-state index in [1.807, 2.05) is 30.3 Å². The van der Waals surface area contributed by atoms with Crippen LogP contribution in [0.2, 0.25) is 0 Å². The summed E-state index contributed by atoms with van der Waals surface area (Å²) in [7, 11) is 0. The number of amides is 2. The highest BCUT2D eigenvalue weighted by Crippen LogP contribution is 2.40. The summed E-state index contributed by atoms with van der Waals surface area (Å²) in [5.74, 6) is -1.94. The second kappa shape index (κ2) is 12.9. The minimum absolute atomic E-state index is 0.0525. The molecule has 3 rings (SSSR count).